The monoisotopic (exact) mass is 449 g/mol. The van der Waals surface area contributed by atoms with Crippen LogP contribution in [0.5, 0.6) is 0 Å². The molecule has 2 heterocycles. The van der Waals surface area contributed by atoms with Gasteiger partial charge in [0.15, 0.2) is 0 Å². The quantitative estimate of drug-likeness (QED) is 0.377. The molecule has 0 saturated carbocycles. The van der Waals surface area contributed by atoms with Crippen molar-refractivity contribution >= 4 is 43.5 Å². The van der Waals surface area contributed by atoms with Gasteiger partial charge in [0, 0.05) is 21.3 Å². The smallest absolute Gasteiger partial charge is 0.276 e. The molecule has 0 aliphatic carbocycles. The summed E-state index contributed by atoms with van der Waals surface area (Å²) in [4.78, 5) is 5.66. The van der Waals surface area contributed by atoms with Crippen LogP contribution in [-0.2, 0) is 10.0 Å². The average molecular weight is 450 g/mol. The Labute approximate surface area is 182 Å². The number of nitrogens with one attached hydrogen (secondary N) is 2. The third-order valence-corrected chi connectivity index (χ3v) is 6.34. The van der Waals surface area contributed by atoms with Crippen molar-refractivity contribution < 1.29 is 12.8 Å². The van der Waals surface area contributed by atoms with E-state index < -0.39 is 10.0 Å². The maximum atomic E-state index is 12.7. The van der Waals surface area contributed by atoms with Gasteiger partial charge in [0.05, 0.1) is 16.2 Å². The number of H-pyrrole nitrogens is 1. The van der Waals surface area contributed by atoms with Crippen LogP contribution in [0.4, 0.5) is 0 Å². The van der Waals surface area contributed by atoms with Gasteiger partial charge in [-0.15, -0.1) is 5.10 Å². The Morgan fingerprint density at radius 3 is 2.35 bits per heavy atom. The molecule has 8 heteroatoms. The number of hydrogen-bond acceptors (Lipinski definition) is 4. The van der Waals surface area contributed by atoms with Crippen LogP contribution in [0.3, 0.4) is 0 Å². The number of sulfonamides is 1. The summed E-state index contributed by atoms with van der Waals surface area (Å²) in [6.45, 7) is 0. The van der Waals surface area contributed by atoms with E-state index in [9.17, 15) is 8.42 Å². The van der Waals surface area contributed by atoms with Crippen LogP contribution in [0.25, 0.3) is 33.1 Å². The molecule has 154 valence electrons. The highest BCUT2D eigenvalue weighted by atomic mass is 35.5. The van der Waals surface area contributed by atoms with Crippen LogP contribution in [0.15, 0.2) is 99.3 Å². The molecule has 0 unspecified atom stereocenters. The first-order valence-electron chi connectivity index (χ1n) is 9.42. The summed E-state index contributed by atoms with van der Waals surface area (Å²) in [5, 5.41) is 6.46. The number of hydrogen-bond donors (Lipinski definition) is 2. The van der Waals surface area contributed by atoms with Gasteiger partial charge >= 0.3 is 0 Å². The number of nitrogens with zero attached hydrogens (tertiary/aromatic N) is 1. The minimum atomic E-state index is -3.90. The van der Waals surface area contributed by atoms with E-state index in [0.717, 1.165) is 22.0 Å². The summed E-state index contributed by atoms with van der Waals surface area (Å²) in [6.07, 6.45) is 0. The van der Waals surface area contributed by atoms with Gasteiger partial charge in [-0.25, -0.2) is 0 Å². The Kier molecular flexibility index (Phi) is 4.77. The van der Waals surface area contributed by atoms with Crippen LogP contribution in [-0.4, -0.2) is 13.4 Å². The van der Waals surface area contributed by atoms with Crippen molar-refractivity contribution in [2.75, 3.05) is 0 Å². The lowest BCUT2D eigenvalue weighted by Gasteiger charge is -2.05. The number of aromatic nitrogens is 1. The van der Waals surface area contributed by atoms with Gasteiger partial charge in [0.1, 0.15) is 5.58 Å². The fourth-order valence-electron chi connectivity index (χ4n) is 3.33. The van der Waals surface area contributed by atoms with Crippen LogP contribution >= 0.6 is 11.6 Å². The van der Waals surface area contributed by atoms with E-state index in [0.29, 0.717) is 16.2 Å². The van der Waals surface area contributed by atoms with E-state index in [2.05, 4.69) is 14.9 Å². The fraction of sp³-hybridized carbons (Fsp3) is 0. The first-order chi connectivity index (χ1) is 15.0. The zero-order valence-corrected chi connectivity index (χ0v) is 17.6. The number of halogens is 1. The summed E-state index contributed by atoms with van der Waals surface area (Å²) < 4.78 is 31.3. The third kappa shape index (κ3) is 3.81. The minimum Gasteiger partial charge on any atom is -0.436 e. The van der Waals surface area contributed by atoms with Gasteiger partial charge < -0.3 is 9.40 Å². The molecule has 0 atom stereocenters. The average Bonchev–Trinajstić information content (AvgIpc) is 3.21. The zero-order chi connectivity index (χ0) is 21.4. The molecule has 2 N–H and O–H groups in total. The van der Waals surface area contributed by atoms with Gasteiger partial charge in [-0.3, -0.25) is 0 Å². The maximum absolute atomic E-state index is 12.7. The normalized spacial score (nSPS) is 12.5. The van der Waals surface area contributed by atoms with Crippen LogP contribution in [0.2, 0.25) is 5.02 Å². The number of fused-ring (bicyclic) bond motifs is 2. The molecule has 3 aromatic carbocycles. The first-order valence-corrected chi connectivity index (χ1v) is 11.3. The Morgan fingerprint density at radius 1 is 0.871 bits per heavy atom. The van der Waals surface area contributed by atoms with Crippen LogP contribution in [0.1, 0.15) is 0 Å². The standard InChI is InChI=1S/C23H16ClN3O3S/c24-17-9-11-18(12-10-17)31(28,29)27-26-23-19(13-16-6-2-4-8-22(16)30-23)21-14-15-5-1-3-7-20(15)25-21/h1-14,25,27H/b26-23-. The van der Waals surface area contributed by atoms with Crippen molar-refractivity contribution in [3.05, 3.63) is 95.5 Å². The van der Waals surface area contributed by atoms with Crippen LogP contribution in [0, 0.1) is 0 Å². The molecule has 0 aliphatic rings. The van der Waals surface area contributed by atoms with Crippen molar-refractivity contribution in [1.82, 2.24) is 9.82 Å². The highest BCUT2D eigenvalue weighted by Crippen LogP contribution is 2.24. The number of rotatable bonds is 4. The number of aromatic amines is 1. The molecule has 0 aliphatic heterocycles. The highest BCUT2D eigenvalue weighted by molar-refractivity contribution is 7.89. The second-order valence-electron chi connectivity index (χ2n) is 6.93. The predicted octanol–water partition coefficient (Wildman–Crippen LogP) is 5.03. The van der Waals surface area contributed by atoms with Gasteiger partial charge in [0.2, 0.25) is 5.55 Å². The van der Waals surface area contributed by atoms with Crippen molar-refractivity contribution in [3.8, 4) is 11.3 Å². The topological polar surface area (TPSA) is 87.5 Å². The van der Waals surface area contributed by atoms with Gasteiger partial charge in [-0.2, -0.15) is 13.2 Å². The molecule has 0 saturated heterocycles. The molecule has 0 amide bonds. The Morgan fingerprint density at radius 2 is 1.58 bits per heavy atom. The van der Waals surface area contributed by atoms with Crippen molar-refractivity contribution in [3.63, 3.8) is 0 Å². The van der Waals surface area contributed by atoms with Crippen molar-refractivity contribution in [1.29, 1.82) is 0 Å². The second kappa shape index (κ2) is 7.61. The van der Waals surface area contributed by atoms with E-state index in [-0.39, 0.29) is 10.4 Å². The highest BCUT2D eigenvalue weighted by Gasteiger charge is 2.14. The molecule has 0 spiro atoms. The molecular weight excluding hydrogens is 434 g/mol. The molecule has 2 aromatic heterocycles. The molecule has 5 aromatic rings. The SMILES string of the molecule is O=S(=O)(N/N=c1\oc2ccccc2cc1-c1cc2ccccc2[nH]1)c1ccc(Cl)cc1. The molecule has 0 fully saturated rings. The van der Waals surface area contributed by atoms with Gasteiger partial charge in [-0.1, -0.05) is 48.0 Å². The van der Waals surface area contributed by atoms with E-state index in [4.69, 9.17) is 16.0 Å². The third-order valence-electron chi connectivity index (χ3n) is 4.87. The molecule has 0 radical (unpaired) electrons. The predicted molar refractivity (Wildman–Crippen MR) is 121 cm³/mol. The Hall–Kier alpha value is -3.55. The van der Waals surface area contributed by atoms with E-state index in [1.165, 1.54) is 24.3 Å². The molecule has 5 rings (SSSR count). The molecule has 31 heavy (non-hydrogen) atoms. The summed E-state index contributed by atoms with van der Waals surface area (Å²) >= 11 is 5.86. The van der Waals surface area contributed by atoms with Gasteiger partial charge in [-0.05, 0) is 48.5 Å². The molecular formula is C23H16ClN3O3S. The van der Waals surface area contributed by atoms with Crippen molar-refractivity contribution in [2.45, 2.75) is 4.90 Å². The van der Waals surface area contributed by atoms with E-state index >= 15 is 0 Å². The van der Waals surface area contributed by atoms with Gasteiger partial charge in [0.25, 0.3) is 10.0 Å². The lowest BCUT2D eigenvalue weighted by Crippen LogP contribution is -2.22. The first kappa shape index (κ1) is 19.4. The maximum Gasteiger partial charge on any atom is 0.276 e. The summed E-state index contributed by atoms with van der Waals surface area (Å²) in [5.74, 6) is 0. The Bertz CT molecular complexity index is 1550. The number of para-hydroxylation sites is 2. The fourth-order valence-corrected chi connectivity index (χ4v) is 4.26. The van der Waals surface area contributed by atoms with Crippen LogP contribution < -0.4 is 10.4 Å². The van der Waals surface area contributed by atoms with E-state index in [1.54, 1.807) is 6.07 Å². The Balaban J connectivity index is 1.66. The molecule has 0 bridgehead atoms. The minimum absolute atomic E-state index is 0.0496. The largest absolute Gasteiger partial charge is 0.436 e. The lowest BCUT2D eigenvalue weighted by atomic mass is 10.1. The van der Waals surface area contributed by atoms with Crippen molar-refractivity contribution in [2.24, 2.45) is 5.10 Å². The zero-order valence-electron chi connectivity index (χ0n) is 16.0. The lowest BCUT2D eigenvalue weighted by molar-refractivity contribution is 0.527. The summed E-state index contributed by atoms with van der Waals surface area (Å²) in [7, 11) is -3.90. The van der Waals surface area contributed by atoms with E-state index in [1.807, 2.05) is 54.6 Å². The summed E-state index contributed by atoms with van der Waals surface area (Å²) in [5.41, 5.74) is 3.09. The summed E-state index contributed by atoms with van der Waals surface area (Å²) in [6, 6.07) is 25.1. The number of benzene rings is 3. The second-order valence-corrected chi connectivity index (χ2v) is 9.03. The molecule has 6 nitrogen and oxygen atoms in total.